The highest BCUT2D eigenvalue weighted by Gasteiger charge is 2.34. The second-order valence-electron chi connectivity index (χ2n) is 9.48. The molecule has 0 fully saturated rings. The zero-order valence-corrected chi connectivity index (χ0v) is 22.8. The number of para-hydroxylation sites is 1. The lowest BCUT2D eigenvalue weighted by Crippen LogP contribution is -2.50. The van der Waals surface area contributed by atoms with Crippen molar-refractivity contribution in [3.8, 4) is 5.75 Å². The molecular weight excluding hydrogens is 516 g/mol. The van der Waals surface area contributed by atoms with Crippen LogP contribution in [0, 0.1) is 6.92 Å². The van der Waals surface area contributed by atoms with Crippen molar-refractivity contribution in [2.24, 2.45) is 4.99 Å². The molecule has 1 aliphatic rings. The molecule has 8 heteroatoms. The summed E-state index contributed by atoms with van der Waals surface area (Å²) in [4.78, 5) is 46.8. The van der Waals surface area contributed by atoms with Crippen molar-refractivity contribution in [2.75, 3.05) is 23.4 Å². The molecule has 0 radical (unpaired) electrons. The summed E-state index contributed by atoms with van der Waals surface area (Å²) in [5.41, 5.74) is 4.40. The first kappa shape index (κ1) is 27.3. The molecule has 1 heterocycles. The standard InChI is InChI=1S/C33H30N4O4/c1-3-41-25-19-17-24(18-20-25)34-33(40)36-31-32(39)37(21-29(38)26-14-8-7-11-22(26)2)28-16-10-9-15-27(28)30(35-31)23-12-5-4-6-13-23/h4-20,31H,3,21H2,1-2H3,(H2,34,36,40)/t31-/m1/s1. The van der Waals surface area contributed by atoms with Gasteiger partial charge in [-0.15, -0.1) is 0 Å². The highest BCUT2D eigenvalue weighted by molar-refractivity contribution is 6.21. The van der Waals surface area contributed by atoms with Gasteiger partial charge in [-0.1, -0.05) is 72.8 Å². The summed E-state index contributed by atoms with van der Waals surface area (Å²) in [6, 6.07) is 30.3. The van der Waals surface area contributed by atoms with Crippen molar-refractivity contribution in [3.05, 3.63) is 125 Å². The van der Waals surface area contributed by atoms with Crippen molar-refractivity contribution < 1.29 is 19.1 Å². The molecule has 4 aromatic carbocycles. The zero-order chi connectivity index (χ0) is 28.8. The highest BCUT2D eigenvalue weighted by atomic mass is 16.5. The summed E-state index contributed by atoms with van der Waals surface area (Å²) >= 11 is 0. The van der Waals surface area contributed by atoms with E-state index in [4.69, 9.17) is 9.73 Å². The lowest BCUT2D eigenvalue weighted by Gasteiger charge is -2.25. The third kappa shape index (κ3) is 6.17. The number of nitrogens with zero attached hydrogens (tertiary/aromatic N) is 2. The van der Waals surface area contributed by atoms with Gasteiger partial charge in [0.1, 0.15) is 5.75 Å². The van der Waals surface area contributed by atoms with Gasteiger partial charge >= 0.3 is 6.03 Å². The Labute approximate surface area is 238 Å². The van der Waals surface area contributed by atoms with Crippen LogP contribution in [-0.2, 0) is 4.79 Å². The first-order valence-corrected chi connectivity index (χ1v) is 13.4. The van der Waals surface area contributed by atoms with Crippen LogP contribution >= 0.6 is 0 Å². The average Bonchev–Trinajstić information content (AvgIpc) is 3.09. The summed E-state index contributed by atoms with van der Waals surface area (Å²) in [5, 5.41) is 5.47. The van der Waals surface area contributed by atoms with Gasteiger partial charge in [-0.2, -0.15) is 0 Å². The van der Waals surface area contributed by atoms with Gasteiger partial charge in [0.15, 0.2) is 5.78 Å². The molecule has 0 unspecified atom stereocenters. The highest BCUT2D eigenvalue weighted by Crippen LogP contribution is 2.29. The number of ether oxygens (including phenoxy) is 1. The van der Waals surface area contributed by atoms with E-state index in [0.717, 1.165) is 11.1 Å². The Morgan fingerprint density at radius 1 is 0.878 bits per heavy atom. The van der Waals surface area contributed by atoms with Gasteiger partial charge in [-0.05, 0) is 49.7 Å². The van der Waals surface area contributed by atoms with Gasteiger partial charge in [-0.3, -0.25) is 9.59 Å². The molecule has 8 nitrogen and oxygen atoms in total. The largest absolute Gasteiger partial charge is 0.494 e. The summed E-state index contributed by atoms with van der Waals surface area (Å²) in [7, 11) is 0. The van der Waals surface area contributed by atoms with E-state index in [1.165, 1.54) is 4.90 Å². The van der Waals surface area contributed by atoms with Crippen molar-refractivity contribution in [3.63, 3.8) is 0 Å². The number of anilines is 2. The number of benzodiazepines with no additional fused rings is 1. The summed E-state index contributed by atoms with van der Waals surface area (Å²) in [6.45, 7) is 4.07. The number of carbonyl (C=O) groups is 3. The Kier molecular flexibility index (Phi) is 8.20. The third-order valence-corrected chi connectivity index (χ3v) is 6.69. The van der Waals surface area contributed by atoms with E-state index in [2.05, 4.69) is 10.6 Å². The van der Waals surface area contributed by atoms with Crippen molar-refractivity contribution >= 4 is 34.8 Å². The number of aryl methyl sites for hydroxylation is 1. The van der Waals surface area contributed by atoms with Crippen LogP contribution in [-0.4, -0.2) is 42.8 Å². The molecule has 0 saturated carbocycles. The fourth-order valence-corrected chi connectivity index (χ4v) is 4.72. The monoisotopic (exact) mass is 546 g/mol. The lowest BCUT2D eigenvalue weighted by atomic mass is 9.99. The SMILES string of the molecule is CCOc1ccc(NC(=O)N[C@H]2N=C(c3ccccc3)c3ccccc3N(CC(=O)c3ccccc3C)C2=O)cc1. The number of Topliss-reactive ketones (excluding diaryl/α,β-unsaturated/α-hetero) is 1. The Balaban J connectivity index is 1.50. The van der Waals surface area contributed by atoms with Crippen molar-refractivity contribution in [1.29, 1.82) is 0 Å². The maximum atomic E-state index is 14.0. The van der Waals surface area contributed by atoms with Crippen LogP contribution in [0.15, 0.2) is 108 Å². The molecule has 0 aliphatic carbocycles. The number of rotatable bonds is 8. The smallest absolute Gasteiger partial charge is 0.321 e. The van der Waals surface area contributed by atoms with Crippen LogP contribution in [0.1, 0.15) is 34.0 Å². The normalized spacial score (nSPS) is 14.4. The molecule has 0 aromatic heterocycles. The second-order valence-corrected chi connectivity index (χ2v) is 9.48. The first-order valence-electron chi connectivity index (χ1n) is 13.4. The molecule has 41 heavy (non-hydrogen) atoms. The van der Waals surface area contributed by atoms with Gasteiger partial charge in [0.05, 0.1) is 24.6 Å². The van der Waals surface area contributed by atoms with Gasteiger partial charge in [-0.25, -0.2) is 9.79 Å². The van der Waals surface area contributed by atoms with Gasteiger partial charge in [0, 0.05) is 22.4 Å². The summed E-state index contributed by atoms with van der Waals surface area (Å²) in [5.74, 6) is -0.0552. The fraction of sp³-hybridized carbons (Fsp3) is 0.152. The van der Waals surface area contributed by atoms with Crippen molar-refractivity contribution in [2.45, 2.75) is 20.0 Å². The van der Waals surface area contributed by atoms with Crippen LogP contribution < -0.4 is 20.3 Å². The van der Waals surface area contributed by atoms with Crippen LogP contribution in [0.5, 0.6) is 5.75 Å². The Morgan fingerprint density at radius 3 is 2.29 bits per heavy atom. The topological polar surface area (TPSA) is 100 Å². The van der Waals surface area contributed by atoms with E-state index in [-0.39, 0.29) is 12.3 Å². The number of hydrogen-bond donors (Lipinski definition) is 2. The number of ketones is 1. The van der Waals surface area contributed by atoms with Gasteiger partial charge in [0.25, 0.3) is 5.91 Å². The average molecular weight is 547 g/mol. The summed E-state index contributed by atoms with van der Waals surface area (Å²) in [6.07, 6.45) is -1.29. The number of fused-ring (bicyclic) bond motifs is 1. The lowest BCUT2D eigenvalue weighted by molar-refractivity contribution is -0.120. The predicted molar refractivity (Wildman–Crippen MR) is 160 cm³/mol. The molecule has 0 bridgehead atoms. The second kappa shape index (κ2) is 12.3. The van der Waals surface area contributed by atoms with E-state index >= 15 is 0 Å². The maximum absolute atomic E-state index is 14.0. The molecule has 1 aliphatic heterocycles. The minimum absolute atomic E-state index is 0.211. The minimum Gasteiger partial charge on any atom is -0.494 e. The Hall–Kier alpha value is -5.24. The van der Waals surface area contributed by atoms with Crippen LogP contribution in [0.3, 0.4) is 0 Å². The summed E-state index contributed by atoms with van der Waals surface area (Å²) < 4.78 is 5.46. The quantitative estimate of drug-likeness (QED) is 0.281. The number of benzene rings is 4. The van der Waals surface area contributed by atoms with Gasteiger partial charge in [0.2, 0.25) is 6.17 Å². The Morgan fingerprint density at radius 2 is 1.56 bits per heavy atom. The van der Waals surface area contributed by atoms with E-state index in [1.807, 2.05) is 74.5 Å². The predicted octanol–water partition coefficient (Wildman–Crippen LogP) is 5.61. The van der Waals surface area contributed by atoms with Crippen LogP contribution in [0.25, 0.3) is 0 Å². The number of aliphatic imine (C=N–C) groups is 1. The fourth-order valence-electron chi connectivity index (χ4n) is 4.72. The van der Waals surface area contributed by atoms with Crippen molar-refractivity contribution in [1.82, 2.24) is 5.32 Å². The molecule has 4 aromatic rings. The maximum Gasteiger partial charge on any atom is 0.321 e. The zero-order valence-electron chi connectivity index (χ0n) is 22.8. The van der Waals surface area contributed by atoms with E-state index < -0.39 is 18.1 Å². The van der Waals surface area contributed by atoms with Crippen LogP contribution in [0.4, 0.5) is 16.2 Å². The molecule has 5 rings (SSSR count). The molecule has 3 amide bonds. The molecular formula is C33H30N4O4. The third-order valence-electron chi connectivity index (χ3n) is 6.69. The van der Waals surface area contributed by atoms with Gasteiger partial charge < -0.3 is 20.3 Å². The van der Waals surface area contributed by atoms with E-state index in [9.17, 15) is 14.4 Å². The van der Waals surface area contributed by atoms with Crippen LogP contribution in [0.2, 0.25) is 0 Å². The molecule has 0 spiro atoms. The number of urea groups is 1. The number of carbonyl (C=O) groups excluding carboxylic acids is 3. The minimum atomic E-state index is -1.29. The number of nitrogens with one attached hydrogen (secondary N) is 2. The number of hydrogen-bond acceptors (Lipinski definition) is 5. The van der Waals surface area contributed by atoms with E-state index in [0.29, 0.717) is 40.6 Å². The Bertz CT molecular complexity index is 1600. The molecule has 2 N–H and O–H groups in total. The molecule has 0 saturated heterocycles. The molecule has 206 valence electrons. The van der Waals surface area contributed by atoms with E-state index in [1.54, 1.807) is 42.5 Å². The molecule has 1 atom stereocenters. The first-order chi connectivity index (χ1) is 19.9. The number of amides is 3.